The molecule has 2 amide bonds. The first-order valence-corrected chi connectivity index (χ1v) is 8.89. The summed E-state index contributed by atoms with van der Waals surface area (Å²) in [5.41, 5.74) is 1.91. The molecule has 0 spiro atoms. The van der Waals surface area contributed by atoms with Crippen LogP contribution < -0.4 is 14.9 Å². The maximum Gasteiger partial charge on any atom is 0.264 e. The molecule has 0 radical (unpaired) electrons. The van der Waals surface area contributed by atoms with Crippen molar-refractivity contribution in [1.82, 2.24) is 4.72 Å². The van der Waals surface area contributed by atoms with Crippen molar-refractivity contribution in [3.8, 4) is 0 Å². The summed E-state index contributed by atoms with van der Waals surface area (Å²) in [5, 5.41) is 2.69. The van der Waals surface area contributed by atoms with Crippen molar-refractivity contribution in [2.24, 2.45) is 0 Å². The van der Waals surface area contributed by atoms with Gasteiger partial charge in [0, 0.05) is 38.0 Å². The van der Waals surface area contributed by atoms with Gasteiger partial charge in [-0.05, 0) is 48.5 Å². The standard InChI is InChI=1S/C17H19N3O4S/c1-12(21)19-25(23,24)16-10-6-14(7-11-16)18-17(22)13-4-8-15(9-5-13)20(2)3/h4-11H,1-3H3,(H,18,22)(H,19,21). The highest BCUT2D eigenvalue weighted by Gasteiger charge is 2.15. The van der Waals surface area contributed by atoms with Crippen LogP contribution in [0.2, 0.25) is 0 Å². The number of carbonyl (C=O) groups is 2. The normalized spacial score (nSPS) is 10.8. The summed E-state index contributed by atoms with van der Waals surface area (Å²) >= 11 is 0. The molecule has 0 saturated carbocycles. The maximum absolute atomic E-state index is 12.2. The number of nitrogens with one attached hydrogen (secondary N) is 2. The summed E-state index contributed by atoms with van der Waals surface area (Å²) in [6.07, 6.45) is 0. The van der Waals surface area contributed by atoms with Crippen LogP contribution in [0.1, 0.15) is 17.3 Å². The first-order valence-electron chi connectivity index (χ1n) is 7.41. The number of sulfonamides is 1. The minimum atomic E-state index is -3.89. The van der Waals surface area contributed by atoms with Gasteiger partial charge in [-0.15, -0.1) is 0 Å². The minimum absolute atomic E-state index is 0.0592. The molecule has 25 heavy (non-hydrogen) atoms. The molecule has 0 atom stereocenters. The SMILES string of the molecule is CC(=O)NS(=O)(=O)c1ccc(NC(=O)c2ccc(N(C)C)cc2)cc1. The summed E-state index contributed by atoms with van der Waals surface area (Å²) in [6, 6.07) is 12.6. The van der Waals surface area contributed by atoms with Gasteiger partial charge in [0.25, 0.3) is 15.9 Å². The zero-order chi connectivity index (χ0) is 18.6. The second-order valence-electron chi connectivity index (χ2n) is 5.58. The predicted molar refractivity (Wildman–Crippen MR) is 96.2 cm³/mol. The average molecular weight is 361 g/mol. The highest BCUT2D eigenvalue weighted by Crippen LogP contribution is 2.16. The molecule has 0 bridgehead atoms. The summed E-state index contributed by atoms with van der Waals surface area (Å²) < 4.78 is 25.6. The molecule has 7 nitrogen and oxygen atoms in total. The van der Waals surface area contributed by atoms with Crippen LogP contribution in [0.15, 0.2) is 53.4 Å². The van der Waals surface area contributed by atoms with Crippen molar-refractivity contribution in [3.05, 3.63) is 54.1 Å². The molecule has 2 aromatic rings. The van der Waals surface area contributed by atoms with Crippen LogP contribution in [0.4, 0.5) is 11.4 Å². The van der Waals surface area contributed by atoms with Crippen LogP contribution in [0.5, 0.6) is 0 Å². The third-order valence-corrected chi connectivity index (χ3v) is 4.80. The Labute approximate surface area is 146 Å². The van der Waals surface area contributed by atoms with Gasteiger partial charge < -0.3 is 10.2 Å². The largest absolute Gasteiger partial charge is 0.378 e. The van der Waals surface area contributed by atoms with E-state index >= 15 is 0 Å². The molecule has 2 N–H and O–H groups in total. The number of nitrogens with zero attached hydrogens (tertiary/aromatic N) is 1. The molecule has 0 aliphatic rings. The molecule has 0 aliphatic carbocycles. The third kappa shape index (κ3) is 4.80. The van der Waals surface area contributed by atoms with E-state index in [0.717, 1.165) is 12.6 Å². The molecule has 0 heterocycles. The van der Waals surface area contributed by atoms with E-state index in [4.69, 9.17) is 0 Å². The number of carbonyl (C=O) groups excluding carboxylic acids is 2. The third-order valence-electron chi connectivity index (χ3n) is 3.35. The fourth-order valence-corrected chi connectivity index (χ4v) is 3.07. The molecule has 2 rings (SSSR count). The Balaban J connectivity index is 2.10. The Morgan fingerprint density at radius 2 is 1.48 bits per heavy atom. The monoisotopic (exact) mass is 361 g/mol. The van der Waals surface area contributed by atoms with E-state index in [9.17, 15) is 18.0 Å². The van der Waals surface area contributed by atoms with Gasteiger partial charge in [0.05, 0.1) is 4.90 Å². The number of hydrogen-bond acceptors (Lipinski definition) is 5. The van der Waals surface area contributed by atoms with Crippen molar-refractivity contribution in [2.75, 3.05) is 24.3 Å². The van der Waals surface area contributed by atoms with Gasteiger partial charge in [0.1, 0.15) is 0 Å². The molecular formula is C17H19N3O4S. The van der Waals surface area contributed by atoms with Crippen LogP contribution in [0.25, 0.3) is 0 Å². The quantitative estimate of drug-likeness (QED) is 0.847. The summed E-state index contributed by atoms with van der Waals surface area (Å²) in [7, 11) is -0.0700. The number of hydrogen-bond donors (Lipinski definition) is 2. The van der Waals surface area contributed by atoms with Crippen LogP contribution in [-0.2, 0) is 14.8 Å². The van der Waals surface area contributed by atoms with Crippen molar-refractivity contribution >= 4 is 33.2 Å². The van der Waals surface area contributed by atoms with Crippen molar-refractivity contribution < 1.29 is 18.0 Å². The molecule has 0 aliphatic heterocycles. The molecule has 8 heteroatoms. The smallest absolute Gasteiger partial charge is 0.264 e. The number of rotatable bonds is 5. The Bertz CT molecular complexity index is 873. The summed E-state index contributed by atoms with van der Waals surface area (Å²) in [4.78, 5) is 25.0. The molecule has 0 unspecified atom stereocenters. The molecule has 0 fully saturated rings. The summed E-state index contributed by atoms with van der Waals surface area (Å²) in [5.74, 6) is -0.971. The maximum atomic E-state index is 12.2. The minimum Gasteiger partial charge on any atom is -0.378 e. The van der Waals surface area contributed by atoms with Crippen LogP contribution in [0.3, 0.4) is 0 Å². The van der Waals surface area contributed by atoms with Crippen LogP contribution >= 0.6 is 0 Å². The second-order valence-corrected chi connectivity index (χ2v) is 7.26. The first kappa shape index (κ1) is 18.5. The molecule has 132 valence electrons. The van der Waals surface area contributed by atoms with Crippen molar-refractivity contribution in [1.29, 1.82) is 0 Å². The van der Waals surface area contributed by atoms with Gasteiger partial charge in [0.2, 0.25) is 5.91 Å². The topological polar surface area (TPSA) is 95.6 Å². The van der Waals surface area contributed by atoms with E-state index < -0.39 is 15.9 Å². The lowest BCUT2D eigenvalue weighted by Gasteiger charge is -2.12. The van der Waals surface area contributed by atoms with Crippen molar-refractivity contribution in [3.63, 3.8) is 0 Å². The zero-order valence-electron chi connectivity index (χ0n) is 14.1. The van der Waals surface area contributed by atoms with Gasteiger partial charge in [-0.2, -0.15) is 0 Å². The molecule has 0 saturated heterocycles. The average Bonchev–Trinajstić information content (AvgIpc) is 2.54. The van der Waals surface area contributed by atoms with Gasteiger partial charge in [-0.25, -0.2) is 13.1 Å². The van der Waals surface area contributed by atoms with E-state index in [-0.39, 0.29) is 10.8 Å². The Morgan fingerprint density at radius 3 is 1.96 bits per heavy atom. The summed E-state index contributed by atoms with van der Waals surface area (Å²) in [6.45, 7) is 1.12. The fourth-order valence-electron chi connectivity index (χ4n) is 2.08. The molecule has 2 aromatic carbocycles. The highest BCUT2D eigenvalue weighted by molar-refractivity contribution is 7.90. The molecular weight excluding hydrogens is 342 g/mol. The van der Waals surface area contributed by atoms with E-state index in [2.05, 4.69) is 5.32 Å². The Morgan fingerprint density at radius 1 is 0.920 bits per heavy atom. The molecule has 0 aromatic heterocycles. The second kappa shape index (κ2) is 7.35. The Kier molecular flexibility index (Phi) is 5.43. The number of amides is 2. The van der Waals surface area contributed by atoms with Crippen LogP contribution in [-0.4, -0.2) is 34.3 Å². The van der Waals surface area contributed by atoms with Crippen molar-refractivity contribution in [2.45, 2.75) is 11.8 Å². The van der Waals surface area contributed by atoms with Crippen LogP contribution in [0, 0.1) is 0 Å². The van der Waals surface area contributed by atoms with E-state index in [1.807, 2.05) is 35.9 Å². The van der Waals surface area contributed by atoms with E-state index in [1.54, 1.807) is 12.1 Å². The number of anilines is 2. The lowest BCUT2D eigenvalue weighted by molar-refractivity contribution is -0.117. The highest BCUT2D eigenvalue weighted by atomic mass is 32.2. The number of benzene rings is 2. The Hall–Kier alpha value is -2.87. The first-order chi connectivity index (χ1) is 11.7. The van der Waals surface area contributed by atoms with Gasteiger partial charge in [-0.1, -0.05) is 0 Å². The van der Waals surface area contributed by atoms with Gasteiger partial charge in [-0.3, -0.25) is 9.59 Å². The van der Waals surface area contributed by atoms with Gasteiger partial charge >= 0.3 is 0 Å². The fraction of sp³-hybridized carbons (Fsp3) is 0.176. The lowest BCUT2D eigenvalue weighted by Crippen LogP contribution is -2.28. The lowest BCUT2D eigenvalue weighted by atomic mass is 10.2. The van der Waals surface area contributed by atoms with E-state index in [1.165, 1.54) is 24.3 Å². The van der Waals surface area contributed by atoms with E-state index in [0.29, 0.717) is 11.3 Å². The zero-order valence-corrected chi connectivity index (χ0v) is 14.9. The predicted octanol–water partition coefficient (Wildman–Crippen LogP) is 1.83. The van der Waals surface area contributed by atoms with Gasteiger partial charge in [0.15, 0.2) is 0 Å².